The van der Waals surface area contributed by atoms with Crippen LogP contribution in [0.25, 0.3) is 0 Å². The normalized spacial score (nSPS) is 31.5. The summed E-state index contributed by atoms with van der Waals surface area (Å²) < 4.78 is 5.65. The van der Waals surface area contributed by atoms with Gasteiger partial charge in [0.15, 0.2) is 0 Å². The lowest BCUT2D eigenvalue weighted by molar-refractivity contribution is 0.0537. The topological polar surface area (TPSA) is 21.3 Å². The molecule has 2 nitrogen and oxygen atoms in total. The van der Waals surface area contributed by atoms with Crippen molar-refractivity contribution in [2.45, 2.75) is 51.7 Å². The van der Waals surface area contributed by atoms with Crippen molar-refractivity contribution >= 4 is 0 Å². The predicted molar refractivity (Wildman–Crippen MR) is 51.3 cm³/mol. The average Bonchev–Trinajstić information content (AvgIpc) is 2.27. The van der Waals surface area contributed by atoms with Gasteiger partial charge in [-0.2, -0.15) is 0 Å². The lowest BCUT2D eigenvalue weighted by atomic mass is 10.1. The summed E-state index contributed by atoms with van der Waals surface area (Å²) in [4.78, 5) is 0. The van der Waals surface area contributed by atoms with Crippen LogP contribution >= 0.6 is 0 Å². The predicted octanol–water partition coefficient (Wildman–Crippen LogP) is 1.94. The maximum atomic E-state index is 5.65. The van der Waals surface area contributed by atoms with E-state index < -0.39 is 0 Å². The summed E-state index contributed by atoms with van der Waals surface area (Å²) in [6.07, 6.45) is 5.42. The summed E-state index contributed by atoms with van der Waals surface area (Å²) in [5, 5.41) is 3.54. The maximum Gasteiger partial charge on any atom is 0.0699 e. The first-order valence-corrected chi connectivity index (χ1v) is 5.19. The molecule has 0 aromatic rings. The standard InChI is InChI=1S/C10H21NO/c1-3-4-6-10-9(2)12-8-5-7-11-10/h9-11H,3-8H2,1-2H3. The molecule has 1 fully saturated rings. The van der Waals surface area contributed by atoms with Crippen LogP contribution in [0.5, 0.6) is 0 Å². The van der Waals surface area contributed by atoms with Gasteiger partial charge in [0.25, 0.3) is 0 Å². The molecule has 0 aromatic carbocycles. The first-order chi connectivity index (χ1) is 5.84. The minimum Gasteiger partial charge on any atom is -0.377 e. The molecule has 72 valence electrons. The molecule has 2 atom stereocenters. The van der Waals surface area contributed by atoms with Gasteiger partial charge in [-0.05, 0) is 26.3 Å². The molecule has 0 bridgehead atoms. The molecular formula is C10H21NO. The first-order valence-electron chi connectivity index (χ1n) is 5.19. The Morgan fingerprint density at radius 2 is 2.33 bits per heavy atom. The van der Waals surface area contributed by atoms with Crippen molar-refractivity contribution in [3.8, 4) is 0 Å². The minimum atomic E-state index is 0.402. The van der Waals surface area contributed by atoms with Crippen LogP contribution in [0.3, 0.4) is 0 Å². The number of hydrogen-bond donors (Lipinski definition) is 1. The molecule has 1 saturated heterocycles. The molecule has 0 amide bonds. The number of nitrogens with one attached hydrogen (secondary N) is 1. The summed E-state index contributed by atoms with van der Waals surface area (Å²) in [7, 11) is 0. The number of hydrogen-bond acceptors (Lipinski definition) is 2. The Balaban J connectivity index is 2.26. The Morgan fingerprint density at radius 1 is 1.50 bits per heavy atom. The third kappa shape index (κ3) is 3.11. The van der Waals surface area contributed by atoms with Gasteiger partial charge in [0, 0.05) is 12.6 Å². The van der Waals surface area contributed by atoms with E-state index in [1.807, 2.05) is 0 Å². The van der Waals surface area contributed by atoms with E-state index in [4.69, 9.17) is 4.74 Å². The molecule has 0 radical (unpaired) electrons. The largest absolute Gasteiger partial charge is 0.377 e. The Morgan fingerprint density at radius 3 is 3.08 bits per heavy atom. The van der Waals surface area contributed by atoms with Gasteiger partial charge in [0.2, 0.25) is 0 Å². The van der Waals surface area contributed by atoms with Crippen LogP contribution in [-0.4, -0.2) is 25.3 Å². The quantitative estimate of drug-likeness (QED) is 0.700. The van der Waals surface area contributed by atoms with E-state index >= 15 is 0 Å². The molecule has 0 aliphatic carbocycles. The van der Waals surface area contributed by atoms with Gasteiger partial charge in [-0.3, -0.25) is 0 Å². The fraction of sp³-hybridized carbons (Fsp3) is 1.00. The van der Waals surface area contributed by atoms with E-state index in [1.54, 1.807) is 0 Å². The van der Waals surface area contributed by atoms with Gasteiger partial charge in [0.05, 0.1) is 6.10 Å². The molecule has 1 heterocycles. The molecule has 0 aromatic heterocycles. The molecule has 1 aliphatic heterocycles. The lowest BCUT2D eigenvalue weighted by Gasteiger charge is -2.21. The third-order valence-electron chi connectivity index (χ3n) is 2.54. The van der Waals surface area contributed by atoms with E-state index in [0.717, 1.165) is 19.6 Å². The summed E-state index contributed by atoms with van der Waals surface area (Å²) in [5.74, 6) is 0. The minimum absolute atomic E-state index is 0.402. The second-order valence-corrected chi connectivity index (χ2v) is 3.63. The van der Waals surface area contributed by atoms with Crippen LogP contribution in [0.4, 0.5) is 0 Å². The number of rotatable bonds is 3. The second kappa shape index (κ2) is 5.55. The summed E-state index contributed by atoms with van der Waals surface area (Å²) in [6.45, 7) is 6.47. The van der Waals surface area contributed by atoms with E-state index in [-0.39, 0.29) is 0 Å². The van der Waals surface area contributed by atoms with Gasteiger partial charge in [-0.25, -0.2) is 0 Å². The Hall–Kier alpha value is -0.0800. The summed E-state index contributed by atoms with van der Waals surface area (Å²) in [6, 6.07) is 0.590. The van der Waals surface area contributed by atoms with Gasteiger partial charge >= 0.3 is 0 Å². The van der Waals surface area contributed by atoms with Crippen LogP contribution in [0.1, 0.15) is 39.5 Å². The molecule has 12 heavy (non-hydrogen) atoms. The molecule has 0 saturated carbocycles. The van der Waals surface area contributed by atoms with Crippen molar-refractivity contribution in [2.75, 3.05) is 13.2 Å². The van der Waals surface area contributed by atoms with Crippen molar-refractivity contribution in [3.05, 3.63) is 0 Å². The van der Waals surface area contributed by atoms with Crippen molar-refractivity contribution < 1.29 is 4.74 Å². The lowest BCUT2D eigenvalue weighted by Crippen LogP contribution is -2.37. The highest BCUT2D eigenvalue weighted by atomic mass is 16.5. The number of unbranched alkanes of at least 4 members (excludes halogenated alkanes) is 1. The number of ether oxygens (including phenoxy) is 1. The first kappa shape index (κ1) is 10.0. The van der Waals surface area contributed by atoms with E-state index in [1.165, 1.54) is 19.3 Å². The smallest absolute Gasteiger partial charge is 0.0699 e. The van der Waals surface area contributed by atoms with Crippen LogP contribution in [0, 0.1) is 0 Å². The van der Waals surface area contributed by atoms with E-state index in [9.17, 15) is 0 Å². The van der Waals surface area contributed by atoms with E-state index in [0.29, 0.717) is 12.1 Å². The monoisotopic (exact) mass is 171 g/mol. The van der Waals surface area contributed by atoms with Crippen molar-refractivity contribution in [1.82, 2.24) is 5.32 Å². The Bertz CT molecular complexity index is 116. The van der Waals surface area contributed by atoms with Gasteiger partial charge < -0.3 is 10.1 Å². The van der Waals surface area contributed by atoms with Gasteiger partial charge in [-0.15, -0.1) is 0 Å². The van der Waals surface area contributed by atoms with Crippen molar-refractivity contribution in [1.29, 1.82) is 0 Å². The van der Waals surface area contributed by atoms with Crippen LogP contribution in [0.15, 0.2) is 0 Å². The van der Waals surface area contributed by atoms with Crippen LogP contribution < -0.4 is 5.32 Å². The van der Waals surface area contributed by atoms with Crippen LogP contribution in [0.2, 0.25) is 0 Å². The van der Waals surface area contributed by atoms with Crippen molar-refractivity contribution in [2.24, 2.45) is 0 Å². The van der Waals surface area contributed by atoms with Gasteiger partial charge in [0.1, 0.15) is 0 Å². The molecular weight excluding hydrogens is 150 g/mol. The summed E-state index contributed by atoms with van der Waals surface area (Å²) in [5.41, 5.74) is 0. The molecule has 2 unspecified atom stereocenters. The SMILES string of the molecule is CCCCC1NCCCOC1C. The Kier molecular flexibility index (Phi) is 4.62. The molecule has 1 rings (SSSR count). The Labute approximate surface area is 75.7 Å². The fourth-order valence-electron chi connectivity index (χ4n) is 1.67. The van der Waals surface area contributed by atoms with Crippen LogP contribution in [-0.2, 0) is 4.74 Å². The average molecular weight is 171 g/mol. The molecule has 1 N–H and O–H groups in total. The zero-order valence-corrected chi connectivity index (χ0v) is 8.31. The molecule has 1 aliphatic rings. The molecule has 2 heteroatoms. The highest BCUT2D eigenvalue weighted by Gasteiger charge is 2.18. The van der Waals surface area contributed by atoms with Crippen molar-refractivity contribution in [3.63, 3.8) is 0 Å². The highest BCUT2D eigenvalue weighted by molar-refractivity contribution is 4.75. The third-order valence-corrected chi connectivity index (χ3v) is 2.54. The van der Waals surface area contributed by atoms with E-state index in [2.05, 4.69) is 19.2 Å². The maximum absolute atomic E-state index is 5.65. The zero-order chi connectivity index (χ0) is 8.81. The van der Waals surface area contributed by atoms with Gasteiger partial charge in [-0.1, -0.05) is 19.8 Å². The fourth-order valence-corrected chi connectivity index (χ4v) is 1.67. The zero-order valence-electron chi connectivity index (χ0n) is 8.31. The highest BCUT2D eigenvalue weighted by Crippen LogP contribution is 2.10. The molecule has 0 spiro atoms. The summed E-state index contributed by atoms with van der Waals surface area (Å²) >= 11 is 0. The second-order valence-electron chi connectivity index (χ2n) is 3.63.